The zero-order valence-corrected chi connectivity index (χ0v) is 10.9. The van der Waals surface area contributed by atoms with E-state index in [4.69, 9.17) is 4.53 Å². The second-order valence-electron chi connectivity index (χ2n) is 3.48. The molecule has 0 aliphatic carbocycles. The van der Waals surface area contributed by atoms with E-state index in [0.29, 0.717) is 13.1 Å². The first-order valence-electron chi connectivity index (χ1n) is 5.49. The molecular weight excluding hydrogens is 214 g/mol. The van der Waals surface area contributed by atoms with E-state index in [1.165, 1.54) is 7.11 Å². The van der Waals surface area contributed by atoms with E-state index < -0.39 is 9.05 Å². The minimum Gasteiger partial charge on any atom is -0.367 e. The highest BCUT2D eigenvalue weighted by Crippen LogP contribution is 2.05. The topological polar surface area (TPSA) is 62.2 Å². The van der Waals surface area contributed by atoms with Gasteiger partial charge in [0.1, 0.15) is 0 Å². The smallest absolute Gasteiger partial charge is 0.367 e. The van der Waals surface area contributed by atoms with E-state index in [9.17, 15) is 9.59 Å². The molecule has 0 saturated carbocycles. The van der Waals surface area contributed by atoms with Crippen LogP contribution < -0.4 is 0 Å². The molecule has 92 valence electrons. The Morgan fingerprint density at radius 2 is 1.53 bits per heavy atom. The third-order valence-corrected chi connectivity index (χ3v) is 3.06. The molecule has 0 radical (unpaired) electrons. The zero-order valence-electron chi connectivity index (χ0n) is 9.90. The van der Waals surface area contributed by atoms with Crippen LogP contribution in [0.15, 0.2) is 0 Å². The third kappa shape index (κ3) is 7.89. The third-order valence-electron chi connectivity index (χ3n) is 2.04. The normalized spacial score (nSPS) is 12.4. The first-order valence-corrected chi connectivity index (χ1v) is 7.20. The Labute approximate surface area is 93.1 Å². The van der Waals surface area contributed by atoms with Crippen molar-refractivity contribution in [1.29, 1.82) is 0 Å². The van der Waals surface area contributed by atoms with Gasteiger partial charge in [-0.25, -0.2) is 0 Å². The first kappa shape index (κ1) is 15.0. The predicted octanol–water partition coefficient (Wildman–Crippen LogP) is 0.887. The van der Waals surface area contributed by atoms with Crippen molar-refractivity contribution in [2.45, 2.75) is 39.5 Å². The van der Waals surface area contributed by atoms with Crippen LogP contribution >= 0.6 is 0 Å². The molecule has 5 nitrogen and oxygen atoms in total. The molecule has 15 heavy (non-hydrogen) atoms. The molecule has 0 rings (SSSR count). The fraction of sp³-hybridized carbons (Fsp3) is 1.00. The van der Waals surface area contributed by atoms with Gasteiger partial charge in [-0.15, -0.1) is 0 Å². The van der Waals surface area contributed by atoms with Crippen molar-refractivity contribution in [1.82, 2.24) is 5.06 Å². The molecule has 0 atom stereocenters. The monoisotopic (exact) mass is 237 g/mol. The van der Waals surface area contributed by atoms with E-state index in [-0.39, 0.29) is 0 Å². The lowest BCUT2D eigenvalue weighted by atomic mass is 10.3. The number of hydroxylamine groups is 2. The summed E-state index contributed by atoms with van der Waals surface area (Å²) in [7, 11) is -2.67. The number of unbranched alkanes of at least 4 members (excludes halogenated alkanes) is 2. The SMILES string of the molecule is CCCCN(CCCC)O[Si](O)(O)OC. The summed E-state index contributed by atoms with van der Waals surface area (Å²) >= 11 is 0. The van der Waals surface area contributed by atoms with Crippen molar-refractivity contribution in [2.75, 3.05) is 20.2 Å². The molecule has 0 aromatic carbocycles. The minimum absolute atomic E-state index is 0.704. The lowest BCUT2D eigenvalue weighted by Crippen LogP contribution is -2.48. The summed E-state index contributed by atoms with van der Waals surface area (Å²) in [6.07, 6.45) is 4.03. The lowest BCUT2D eigenvalue weighted by molar-refractivity contribution is -0.143. The molecule has 0 bridgehead atoms. The van der Waals surface area contributed by atoms with Gasteiger partial charge in [0, 0.05) is 20.2 Å². The Hall–Kier alpha value is 0.0169. The number of hydrogen-bond acceptors (Lipinski definition) is 5. The second-order valence-corrected chi connectivity index (χ2v) is 5.17. The molecule has 0 aromatic rings. The zero-order chi connectivity index (χ0) is 11.7. The van der Waals surface area contributed by atoms with Crippen LogP contribution in [0.3, 0.4) is 0 Å². The molecule has 0 saturated heterocycles. The van der Waals surface area contributed by atoms with E-state index in [1.54, 1.807) is 5.06 Å². The largest absolute Gasteiger partial charge is 0.691 e. The molecule has 0 fully saturated rings. The lowest BCUT2D eigenvalue weighted by Gasteiger charge is -2.25. The molecule has 0 aliphatic rings. The number of hydrogen-bond donors (Lipinski definition) is 2. The highest BCUT2D eigenvalue weighted by molar-refractivity contribution is 6.50. The van der Waals surface area contributed by atoms with Crippen molar-refractivity contribution in [3.8, 4) is 0 Å². The van der Waals surface area contributed by atoms with E-state index in [1.807, 2.05) is 0 Å². The summed E-state index contributed by atoms with van der Waals surface area (Å²) in [5, 5.41) is 1.60. The number of rotatable bonds is 9. The van der Waals surface area contributed by atoms with Gasteiger partial charge in [-0.05, 0) is 12.8 Å². The fourth-order valence-corrected chi connectivity index (χ4v) is 1.67. The minimum atomic E-state index is -3.91. The van der Waals surface area contributed by atoms with Crippen LogP contribution in [0.25, 0.3) is 0 Å². The second kappa shape index (κ2) is 8.20. The molecule has 0 amide bonds. The predicted molar refractivity (Wildman–Crippen MR) is 59.7 cm³/mol. The van der Waals surface area contributed by atoms with Crippen molar-refractivity contribution >= 4 is 9.05 Å². The van der Waals surface area contributed by atoms with Gasteiger partial charge in [0.25, 0.3) is 0 Å². The molecule has 0 aliphatic heterocycles. The van der Waals surface area contributed by atoms with Gasteiger partial charge in [0.2, 0.25) is 0 Å². The van der Waals surface area contributed by atoms with E-state index >= 15 is 0 Å². The van der Waals surface area contributed by atoms with Gasteiger partial charge in [-0.3, -0.25) is 4.53 Å². The van der Waals surface area contributed by atoms with Gasteiger partial charge < -0.3 is 14.0 Å². The van der Waals surface area contributed by atoms with Crippen LogP contribution in [-0.2, 0) is 8.95 Å². The average Bonchev–Trinajstić information content (AvgIpc) is 2.22. The molecule has 2 N–H and O–H groups in total. The van der Waals surface area contributed by atoms with Gasteiger partial charge in [-0.2, -0.15) is 5.06 Å². The Bertz CT molecular complexity index is 149. The molecule has 0 heterocycles. The van der Waals surface area contributed by atoms with Crippen LogP contribution in [0.2, 0.25) is 0 Å². The van der Waals surface area contributed by atoms with Crippen LogP contribution in [0, 0.1) is 0 Å². The fourth-order valence-electron chi connectivity index (χ4n) is 1.08. The summed E-state index contributed by atoms with van der Waals surface area (Å²) in [5.74, 6) is 0. The standard InChI is InChI=1S/C9H23NO4Si/c1-4-6-8-10(9-7-5-2)14-15(11,12)13-3/h11-12H,4-9H2,1-3H3. The quantitative estimate of drug-likeness (QED) is 0.460. The van der Waals surface area contributed by atoms with Gasteiger partial charge in [-0.1, -0.05) is 26.7 Å². The van der Waals surface area contributed by atoms with Crippen LogP contribution in [0.5, 0.6) is 0 Å². The van der Waals surface area contributed by atoms with Crippen molar-refractivity contribution in [2.24, 2.45) is 0 Å². The molecule has 0 spiro atoms. The van der Waals surface area contributed by atoms with Crippen molar-refractivity contribution < 1.29 is 18.5 Å². The van der Waals surface area contributed by atoms with Crippen molar-refractivity contribution in [3.63, 3.8) is 0 Å². The summed E-state index contributed by atoms with van der Waals surface area (Å²) in [6.45, 7) is 5.57. The summed E-state index contributed by atoms with van der Waals surface area (Å²) < 4.78 is 9.57. The number of nitrogens with zero attached hydrogens (tertiary/aromatic N) is 1. The average molecular weight is 237 g/mol. The maximum Gasteiger partial charge on any atom is 0.691 e. The molecule has 0 aromatic heterocycles. The van der Waals surface area contributed by atoms with Gasteiger partial charge >= 0.3 is 9.05 Å². The Balaban J connectivity index is 3.98. The first-order chi connectivity index (χ1) is 7.05. The highest BCUT2D eigenvalue weighted by atomic mass is 28.4. The van der Waals surface area contributed by atoms with Gasteiger partial charge in [0.05, 0.1) is 0 Å². The maximum absolute atomic E-state index is 9.30. The van der Waals surface area contributed by atoms with Crippen LogP contribution in [0.4, 0.5) is 0 Å². The summed E-state index contributed by atoms with van der Waals surface area (Å²) in [6, 6.07) is 0. The summed E-state index contributed by atoms with van der Waals surface area (Å²) in [4.78, 5) is 18.6. The Morgan fingerprint density at radius 3 is 1.87 bits per heavy atom. The highest BCUT2D eigenvalue weighted by Gasteiger charge is 2.37. The van der Waals surface area contributed by atoms with Crippen LogP contribution in [-0.4, -0.2) is 43.9 Å². The Morgan fingerprint density at radius 1 is 1.07 bits per heavy atom. The van der Waals surface area contributed by atoms with Crippen molar-refractivity contribution in [3.05, 3.63) is 0 Å². The van der Waals surface area contributed by atoms with Crippen LogP contribution in [0.1, 0.15) is 39.5 Å². The molecule has 6 heteroatoms. The Kier molecular flexibility index (Phi) is 8.21. The van der Waals surface area contributed by atoms with Gasteiger partial charge in [0.15, 0.2) is 0 Å². The molecule has 0 unspecified atom stereocenters. The summed E-state index contributed by atoms with van der Waals surface area (Å²) in [5.41, 5.74) is 0. The molecular formula is C9H23NO4Si. The maximum atomic E-state index is 9.30. The van der Waals surface area contributed by atoms with E-state index in [0.717, 1.165) is 25.7 Å². The van der Waals surface area contributed by atoms with E-state index in [2.05, 4.69) is 18.3 Å².